The molecule has 2 N–H and O–H groups in total. The number of phenols is 1. The molecule has 1 aliphatic heterocycles. The van der Waals surface area contributed by atoms with Gasteiger partial charge in [0.1, 0.15) is 17.1 Å². The van der Waals surface area contributed by atoms with Gasteiger partial charge in [0.25, 0.3) is 11.7 Å². The van der Waals surface area contributed by atoms with Crippen molar-refractivity contribution in [1.82, 2.24) is 23.8 Å². The lowest BCUT2D eigenvalue weighted by Gasteiger charge is -2.25. The molecule has 1 atom stereocenters. The molecule has 0 saturated carbocycles. The number of likely N-dealkylation sites (tertiary alicyclic amines) is 1. The first kappa shape index (κ1) is 21.4. The van der Waals surface area contributed by atoms with Crippen LogP contribution >= 0.6 is 0 Å². The van der Waals surface area contributed by atoms with Crippen LogP contribution in [0.25, 0.3) is 11.4 Å². The summed E-state index contributed by atoms with van der Waals surface area (Å²) >= 11 is 0. The Hall–Kier alpha value is -4.40. The number of benzene rings is 1. The van der Waals surface area contributed by atoms with E-state index in [1.54, 1.807) is 54.3 Å². The highest BCUT2D eigenvalue weighted by Crippen LogP contribution is 2.40. The molecule has 0 bridgehead atoms. The lowest BCUT2D eigenvalue weighted by Crippen LogP contribution is -2.31. The molecular weight excluding hydrogens is 434 g/mol. The average Bonchev–Trinajstić information content (AvgIpc) is 3.52. The van der Waals surface area contributed by atoms with E-state index < -0.39 is 17.7 Å². The van der Waals surface area contributed by atoms with Crippen LogP contribution in [0.3, 0.4) is 0 Å². The summed E-state index contributed by atoms with van der Waals surface area (Å²) in [6, 6.07) is 11.0. The minimum Gasteiger partial charge on any atom is -0.508 e. The topological polar surface area (TPSA) is 113 Å². The first-order valence-electron chi connectivity index (χ1n) is 10.9. The van der Waals surface area contributed by atoms with Gasteiger partial charge in [-0.1, -0.05) is 18.2 Å². The number of aromatic hydroxyl groups is 1. The van der Waals surface area contributed by atoms with E-state index in [4.69, 9.17) is 0 Å². The molecule has 172 valence electrons. The van der Waals surface area contributed by atoms with Gasteiger partial charge in [-0.2, -0.15) is 0 Å². The second kappa shape index (κ2) is 8.51. The second-order valence-corrected chi connectivity index (χ2v) is 8.21. The molecule has 1 aliphatic rings. The maximum atomic E-state index is 13.2. The first-order valence-corrected chi connectivity index (χ1v) is 10.9. The van der Waals surface area contributed by atoms with Crippen molar-refractivity contribution in [2.24, 2.45) is 0 Å². The number of imidazole rings is 2. The maximum absolute atomic E-state index is 13.2. The Morgan fingerprint density at radius 3 is 2.59 bits per heavy atom. The molecule has 1 aromatic carbocycles. The van der Waals surface area contributed by atoms with Crippen molar-refractivity contribution in [1.29, 1.82) is 0 Å². The first-order chi connectivity index (χ1) is 16.5. The number of fused-ring (bicyclic) bond motifs is 1. The van der Waals surface area contributed by atoms with E-state index >= 15 is 0 Å². The van der Waals surface area contributed by atoms with Crippen LogP contribution in [0, 0.1) is 6.92 Å². The van der Waals surface area contributed by atoms with Gasteiger partial charge in [-0.3, -0.25) is 14.0 Å². The highest BCUT2D eigenvalue weighted by atomic mass is 16.3. The van der Waals surface area contributed by atoms with Gasteiger partial charge in [-0.15, -0.1) is 0 Å². The number of pyridine rings is 1. The Balaban J connectivity index is 1.60. The molecule has 0 aliphatic carbocycles. The molecule has 0 radical (unpaired) electrons. The van der Waals surface area contributed by atoms with Gasteiger partial charge in [0.2, 0.25) is 0 Å². The number of hydrogen-bond acceptors (Lipinski definition) is 6. The summed E-state index contributed by atoms with van der Waals surface area (Å²) in [6.07, 6.45) is 7.55. The van der Waals surface area contributed by atoms with E-state index in [1.165, 1.54) is 17.0 Å². The Bertz CT molecular complexity index is 1400. The number of rotatable bonds is 6. The molecule has 1 fully saturated rings. The molecule has 5 rings (SSSR count). The Morgan fingerprint density at radius 1 is 1.06 bits per heavy atom. The van der Waals surface area contributed by atoms with Gasteiger partial charge >= 0.3 is 0 Å². The number of aryl methyl sites for hydroxylation is 2. The zero-order valence-corrected chi connectivity index (χ0v) is 18.5. The number of aromatic nitrogens is 4. The number of Topliss-reactive ketones (excluding diaryl/α,β-unsaturated/α-hetero) is 1. The molecule has 1 amide bonds. The summed E-state index contributed by atoms with van der Waals surface area (Å²) in [4.78, 5) is 36.3. The van der Waals surface area contributed by atoms with Crippen molar-refractivity contribution in [3.63, 3.8) is 0 Å². The third-order valence-corrected chi connectivity index (χ3v) is 6.05. The lowest BCUT2D eigenvalue weighted by molar-refractivity contribution is -0.139. The van der Waals surface area contributed by atoms with Crippen LogP contribution < -0.4 is 0 Å². The number of phenolic OH excluding ortho intramolecular Hbond substituents is 1. The van der Waals surface area contributed by atoms with Crippen molar-refractivity contribution >= 4 is 23.1 Å². The minimum absolute atomic E-state index is 0.00655. The molecule has 9 heteroatoms. The Kier molecular flexibility index (Phi) is 5.37. The van der Waals surface area contributed by atoms with Crippen LogP contribution in [-0.4, -0.2) is 52.3 Å². The van der Waals surface area contributed by atoms with Crippen LogP contribution in [0.2, 0.25) is 0 Å². The second-order valence-electron chi connectivity index (χ2n) is 8.21. The number of carbonyl (C=O) groups excluding carboxylic acids is 2. The van der Waals surface area contributed by atoms with Crippen molar-refractivity contribution in [2.45, 2.75) is 25.9 Å². The molecule has 9 nitrogen and oxygen atoms in total. The van der Waals surface area contributed by atoms with Crippen molar-refractivity contribution in [3.8, 4) is 5.75 Å². The zero-order valence-electron chi connectivity index (χ0n) is 18.5. The number of nitrogens with zero attached hydrogens (tertiary/aromatic N) is 5. The van der Waals surface area contributed by atoms with E-state index in [2.05, 4.69) is 9.97 Å². The van der Waals surface area contributed by atoms with Gasteiger partial charge < -0.3 is 19.7 Å². The van der Waals surface area contributed by atoms with Gasteiger partial charge in [-0.25, -0.2) is 9.97 Å². The smallest absolute Gasteiger partial charge is 0.295 e. The van der Waals surface area contributed by atoms with E-state index in [9.17, 15) is 19.8 Å². The third-order valence-electron chi connectivity index (χ3n) is 6.05. The molecule has 34 heavy (non-hydrogen) atoms. The van der Waals surface area contributed by atoms with Crippen molar-refractivity contribution in [2.75, 3.05) is 6.54 Å². The van der Waals surface area contributed by atoms with Crippen LogP contribution in [-0.2, 0) is 16.1 Å². The summed E-state index contributed by atoms with van der Waals surface area (Å²) in [5.41, 5.74) is 2.16. The maximum Gasteiger partial charge on any atom is 0.295 e. The normalized spacial score (nSPS) is 17.7. The fourth-order valence-corrected chi connectivity index (χ4v) is 4.48. The van der Waals surface area contributed by atoms with Gasteiger partial charge in [-0.05, 0) is 43.2 Å². The predicted octanol–water partition coefficient (Wildman–Crippen LogP) is 3.06. The molecule has 0 spiro atoms. The van der Waals surface area contributed by atoms with E-state index in [-0.39, 0.29) is 17.1 Å². The van der Waals surface area contributed by atoms with Gasteiger partial charge in [0, 0.05) is 31.7 Å². The molecule has 1 saturated heterocycles. The Morgan fingerprint density at radius 2 is 1.85 bits per heavy atom. The van der Waals surface area contributed by atoms with Crippen molar-refractivity contribution < 1.29 is 19.8 Å². The fourth-order valence-electron chi connectivity index (χ4n) is 4.48. The number of amides is 1. The summed E-state index contributed by atoms with van der Waals surface area (Å²) in [7, 11) is 0. The van der Waals surface area contributed by atoms with Crippen LogP contribution in [0.4, 0.5) is 0 Å². The summed E-state index contributed by atoms with van der Waals surface area (Å²) in [6.45, 7) is 2.67. The van der Waals surface area contributed by atoms with Crippen LogP contribution in [0.5, 0.6) is 5.75 Å². The largest absolute Gasteiger partial charge is 0.508 e. The SMILES string of the molecule is Cc1nc2ccccn2c1C(O)=C1C(=O)C(=O)N(CCCn2ccnc2)C1c1ccc(O)cc1. The number of aliphatic hydroxyl groups excluding tert-OH is 1. The lowest BCUT2D eigenvalue weighted by atomic mass is 9.96. The van der Waals surface area contributed by atoms with E-state index in [1.807, 2.05) is 16.8 Å². The average molecular weight is 457 g/mol. The molecular formula is C25H23N5O4. The van der Waals surface area contributed by atoms with E-state index in [0.717, 1.165) is 0 Å². The zero-order chi connectivity index (χ0) is 23.8. The summed E-state index contributed by atoms with van der Waals surface area (Å²) in [5, 5.41) is 21.2. The van der Waals surface area contributed by atoms with Crippen LogP contribution in [0.1, 0.15) is 29.4 Å². The molecule has 4 aromatic rings. The van der Waals surface area contributed by atoms with Crippen molar-refractivity contribution in [3.05, 3.63) is 89.9 Å². The van der Waals surface area contributed by atoms with E-state index in [0.29, 0.717) is 42.1 Å². The predicted molar refractivity (Wildman–Crippen MR) is 124 cm³/mol. The molecule has 3 aromatic heterocycles. The summed E-state index contributed by atoms with van der Waals surface area (Å²) in [5.74, 6) is -1.62. The standard InChI is InChI=1S/C25H23N5O4/c1-16-21(29-12-3-2-5-19(29)27-16)23(32)20-22(17-6-8-18(31)9-7-17)30(25(34)24(20)33)13-4-11-28-14-10-26-15-28/h2-3,5-10,12,14-15,22,31-32H,4,11,13H2,1H3. The summed E-state index contributed by atoms with van der Waals surface area (Å²) < 4.78 is 3.60. The number of ketones is 1. The molecule has 1 unspecified atom stereocenters. The van der Waals surface area contributed by atoms with Crippen LogP contribution in [0.15, 0.2) is 73.0 Å². The third kappa shape index (κ3) is 3.61. The number of carbonyl (C=O) groups is 2. The molecule has 4 heterocycles. The minimum atomic E-state index is -0.794. The number of aliphatic hydroxyl groups is 1. The Labute approximate surface area is 195 Å². The fraction of sp³-hybridized carbons (Fsp3) is 0.200. The van der Waals surface area contributed by atoms with Gasteiger partial charge in [0.05, 0.1) is 23.6 Å². The monoisotopic (exact) mass is 457 g/mol. The highest BCUT2D eigenvalue weighted by Gasteiger charge is 2.46. The van der Waals surface area contributed by atoms with Gasteiger partial charge in [0.15, 0.2) is 5.76 Å². The highest BCUT2D eigenvalue weighted by molar-refractivity contribution is 6.46. The quantitative estimate of drug-likeness (QED) is 0.261. The number of hydrogen-bond donors (Lipinski definition) is 2.